The summed E-state index contributed by atoms with van der Waals surface area (Å²) in [5.74, 6) is 1.71. The van der Waals surface area contributed by atoms with E-state index in [1.807, 2.05) is 0 Å². The normalized spacial score (nSPS) is 25.9. The third-order valence-electron chi connectivity index (χ3n) is 4.40. The number of aryl methyl sites for hydroxylation is 1. The van der Waals surface area contributed by atoms with E-state index in [0.717, 1.165) is 18.4 Å². The van der Waals surface area contributed by atoms with Crippen molar-refractivity contribution in [1.29, 1.82) is 0 Å². The van der Waals surface area contributed by atoms with Crippen LogP contribution in [0.1, 0.15) is 56.7 Å². The Balaban J connectivity index is 2.19. The number of hydrogen-bond donors (Lipinski definition) is 1. The van der Waals surface area contributed by atoms with E-state index < -0.39 is 0 Å². The lowest BCUT2D eigenvalue weighted by Gasteiger charge is -2.34. The topological polar surface area (TPSA) is 12.0 Å². The van der Waals surface area contributed by atoms with Crippen molar-refractivity contribution in [3.05, 3.63) is 35.4 Å². The Labute approximate surface area is 112 Å². The zero-order valence-corrected chi connectivity index (χ0v) is 12.1. The van der Waals surface area contributed by atoms with E-state index in [0.29, 0.717) is 6.04 Å². The van der Waals surface area contributed by atoms with E-state index in [2.05, 4.69) is 50.4 Å². The summed E-state index contributed by atoms with van der Waals surface area (Å²) in [6, 6.07) is 9.43. The van der Waals surface area contributed by atoms with E-state index in [4.69, 9.17) is 0 Å². The predicted octanol–water partition coefficient (Wildman–Crippen LogP) is 4.47. The van der Waals surface area contributed by atoms with Gasteiger partial charge < -0.3 is 5.32 Å². The Morgan fingerprint density at radius 2 is 2.06 bits per heavy atom. The Bertz CT molecular complexity index is 372. The summed E-state index contributed by atoms with van der Waals surface area (Å²) in [4.78, 5) is 0. The van der Waals surface area contributed by atoms with Gasteiger partial charge in [-0.1, -0.05) is 51.0 Å². The molecule has 1 heteroatoms. The lowest BCUT2D eigenvalue weighted by molar-refractivity contribution is 0.225. The van der Waals surface area contributed by atoms with Crippen LogP contribution in [0.15, 0.2) is 24.3 Å². The van der Waals surface area contributed by atoms with Crippen molar-refractivity contribution in [2.75, 3.05) is 6.54 Å². The number of hydrogen-bond acceptors (Lipinski definition) is 1. The van der Waals surface area contributed by atoms with Gasteiger partial charge in [0.25, 0.3) is 0 Å². The maximum atomic E-state index is 3.73. The highest BCUT2D eigenvalue weighted by molar-refractivity contribution is 5.29. The second kappa shape index (κ2) is 6.38. The van der Waals surface area contributed by atoms with Gasteiger partial charge in [0.1, 0.15) is 0 Å². The Morgan fingerprint density at radius 1 is 1.28 bits per heavy atom. The van der Waals surface area contributed by atoms with E-state index >= 15 is 0 Å². The summed E-state index contributed by atoms with van der Waals surface area (Å²) in [5.41, 5.74) is 2.94. The molecule has 0 heterocycles. The molecule has 1 fully saturated rings. The fourth-order valence-corrected chi connectivity index (χ4v) is 3.47. The molecule has 3 unspecified atom stereocenters. The van der Waals surface area contributed by atoms with Gasteiger partial charge in [-0.05, 0) is 49.3 Å². The molecule has 18 heavy (non-hydrogen) atoms. The van der Waals surface area contributed by atoms with Gasteiger partial charge in [0.15, 0.2) is 0 Å². The van der Waals surface area contributed by atoms with Crippen molar-refractivity contribution in [1.82, 2.24) is 5.32 Å². The molecule has 0 radical (unpaired) electrons. The molecule has 1 nitrogen and oxygen atoms in total. The van der Waals surface area contributed by atoms with Crippen molar-refractivity contribution in [2.24, 2.45) is 11.8 Å². The molecule has 0 aromatic heterocycles. The Hall–Kier alpha value is -0.820. The molecule has 100 valence electrons. The molecule has 0 bridgehead atoms. The maximum Gasteiger partial charge on any atom is 0.0351 e. The van der Waals surface area contributed by atoms with Gasteiger partial charge in [0.05, 0.1) is 0 Å². The molecular formula is C17H27N. The van der Waals surface area contributed by atoms with E-state index in [9.17, 15) is 0 Å². The van der Waals surface area contributed by atoms with Crippen LogP contribution in [0.3, 0.4) is 0 Å². The first-order valence-electron chi connectivity index (χ1n) is 7.51. The van der Waals surface area contributed by atoms with Gasteiger partial charge in [-0.3, -0.25) is 0 Å². The van der Waals surface area contributed by atoms with Gasteiger partial charge in [0, 0.05) is 6.04 Å². The minimum Gasteiger partial charge on any atom is -0.310 e. The molecule has 3 atom stereocenters. The second-order valence-electron chi connectivity index (χ2n) is 5.92. The maximum absolute atomic E-state index is 3.73. The third-order valence-corrected chi connectivity index (χ3v) is 4.40. The zero-order chi connectivity index (χ0) is 13.0. The summed E-state index contributed by atoms with van der Waals surface area (Å²) in [6.07, 6.45) is 5.59. The van der Waals surface area contributed by atoms with E-state index in [1.165, 1.54) is 36.8 Å². The van der Waals surface area contributed by atoms with Crippen LogP contribution < -0.4 is 5.32 Å². The molecule has 0 saturated heterocycles. The first kappa shape index (κ1) is 13.6. The van der Waals surface area contributed by atoms with Crippen LogP contribution in [0, 0.1) is 18.8 Å². The van der Waals surface area contributed by atoms with Gasteiger partial charge in [0.2, 0.25) is 0 Å². The zero-order valence-electron chi connectivity index (χ0n) is 12.1. The monoisotopic (exact) mass is 245 g/mol. The van der Waals surface area contributed by atoms with Gasteiger partial charge in [-0.15, -0.1) is 0 Å². The highest BCUT2D eigenvalue weighted by atomic mass is 14.9. The molecule has 1 saturated carbocycles. The van der Waals surface area contributed by atoms with Crippen molar-refractivity contribution >= 4 is 0 Å². The van der Waals surface area contributed by atoms with Gasteiger partial charge in [-0.25, -0.2) is 0 Å². The number of nitrogens with one attached hydrogen (secondary N) is 1. The Morgan fingerprint density at radius 3 is 2.72 bits per heavy atom. The number of benzene rings is 1. The summed E-state index contributed by atoms with van der Waals surface area (Å²) in [5, 5.41) is 3.73. The molecule has 1 aromatic rings. The fraction of sp³-hybridized carbons (Fsp3) is 0.647. The molecule has 1 N–H and O–H groups in total. The average Bonchev–Trinajstić information content (AvgIpc) is 2.37. The largest absolute Gasteiger partial charge is 0.310 e. The first-order chi connectivity index (χ1) is 8.72. The van der Waals surface area contributed by atoms with Crippen LogP contribution in [0.4, 0.5) is 0 Å². The summed E-state index contributed by atoms with van der Waals surface area (Å²) in [6.45, 7) is 7.93. The van der Waals surface area contributed by atoms with Crippen molar-refractivity contribution in [3.8, 4) is 0 Å². The van der Waals surface area contributed by atoms with Crippen molar-refractivity contribution in [2.45, 2.75) is 52.5 Å². The fourth-order valence-electron chi connectivity index (χ4n) is 3.47. The molecule has 1 aromatic carbocycles. The van der Waals surface area contributed by atoms with Crippen LogP contribution >= 0.6 is 0 Å². The van der Waals surface area contributed by atoms with Crippen LogP contribution in [0.5, 0.6) is 0 Å². The van der Waals surface area contributed by atoms with Crippen LogP contribution in [-0.2, 0) is 0 Å². The number of rotatable bonds is 4. The smallest absolute Gasteiger partial charge is 0.0351 e. The predicted molar refractivity (Wildman–Crippen MR) is 78.7 cm³/mol. The van der Waals surface area contributed by atoms with Crippen molar-refractivity contribution < 1.29 is 0 Å². The standard InChI is InChI=1S/C17H27N/c1-4-18-17(15-10-7-8-13(2)12-15)16-11-6-5-9-14(16)3/h5-6,9,11,13,15,17-18H,4,7-8,10,12H2,1-3H3. The third kappa shape index (κ3) is 3.14. The minimum atomic E-state index is 0.555. The summed E-state index contributed by atoms with van der Waals surface area (Å²) < 4.78 is 0. The van der Waals surface area contributed by atoms with Crippen LogP contribution in [-0.4, -0.2) is 6.54 Å². The first-order valence-corrected chi connectivity index (χ1v) is 7.51. The SMILES string of the molecule is CCNC(c1ccccc1C)C1CCCC(C)C1. The molecule has 0 amide bonds. The highest BCUT2D eigenvalue weighted by Crippen LogP contribution is 2.37. The van der Waals surface area contributed by atoms with E-state index in [-0.39, 0.29) is 0 Å². The lowest BCUT2D eigenvalue weighted by Crippen LogP contribution is -2.31. The summed E-state index contributed by atoms with van der Waals surface area (Å²) in [7, 11) is 0. The minimum absolute atomic E-state index is 0.555. The quantitative estimate of drug-likeness (QED) is 0.825. The molecule has 0 aliphatic heterocycles. The average molecular weight is 245 g/mol. The molecule has 2 rings (SSSR count). The highest BCUT2D eigenvalue weighted by Gasteiger charge is 2.27. The van der Waals surface area contributed by atoms with E-state index in [1.54, 1.807) is 0 Å². The molecule has 0 spiro atoms. The van der Waals surface area contributed by atoms with Crippen molar-refractivity contribution in [3.63, 3.8) is 0 Å². The lowest BCUT2D eigenvalue weighted by atomic mass is 9.76. The second-order valence-corrected chi connectivity index (χ2v) is 5.92. The molecular weight excluding hydrogens is 218 g/mol. The molecule has 1 aliphatic rings. The van der Waals surface area contributed by atoms with Gasteiger partial charge in [-0.2, -0.15) is 0 Å². The van der Waals surface area contributed by atoms with Crippen LogP contribution in [0.25, 0.3) is 0 Å². The van der Waals surface area contributed by atoms with Gasteiger partial charge >= 0.3 is 0 Å². The summed E-state index contributed by atoms with van der Waals surface area (Å²) >= 11 is 0. The van der Waals surface area contributed by atoms with Crippen LogP contribution in [0.2, 0.25) is 0 Å². The molecule has 1 aliphatic carbocycles. The Kier molecular flexibility index (Phi) is 4.82.